The Hall–Kier alpha value is -6.12. The molecular weight excluding hydrogens is 668 g/mol. The van der Waals surface area contributed by atoms with Gasteiger partial charge >= 0.3 is 12.2 Å². The number of aromatic amines is 2. The third-order valence-corrected chi connectivity index (χ3v) is 8.85. The SMILES string of the molecule is CCCN(Cc1ncc(-c2ccc3c(c2)COc2cc4c(ccc5[nH]c(CN(CCC)C(=O)CNC(=O)OC)nc54)cc2-3)[nH]1)C(=O)CNC(=O)OC. The van der Waals surface area contributed by atoms with Gasteiger partial charge < -0.3 is 44.6 Å². The third-order valence-electron chi connectivity index (χ3n) is 8.85. The van der Waals surface area contributed by atoms with E-state index in [-0.39, 0.29) is 38.0 Å². The number of carbonyl (C=O) groups excluding carboxylic acids is 4. The predicted molar refractivity (Wildman–Crippen MR) is 193 cm³/mol. The summed E-state index contributed by atoms with van der Waals surface area (Å²) in [5, 5.41) is 6.82. The fraction of sp³-hybridized carbons (Fsp3) is 0.351. The monoisotopic (exact) mass is 710 g/mol. The molecule has 15 nitrogen and oxygen atoms in total. The molecule has 0 fully saturated rings. The molecule has 0 radical (unpaired) electrons. The zero-order valence-corrected chi connectivity index (χ0v) is 29.6. The number of nitrogens with one attached hydrogen (secondary N) is 4. The van der Waals surface area contributed by atoms with Gasteiger partial charge in [-0.05, 0) is 59.2 Å². The van der Waals surface area contributed by atoms with Crippen LogP contribution in [0.15, 0.2) is 48.7 Å². The number of benzene rings is 3. The standard InChI is InChI=1S/C37H42N8O7/c1-5-11-44(33(46)17-39-36(48)50-3)19-31-38-16-29(42-31)23-7-9-25-24(13-23)21-52-30-15-26-22(14-27(25)30)8-10-28-35(26)43-32(41-28)20-45(12-6-2)34(47)18-40-37(49)51-4/h7-10,13-16H,5-6,11-12,17-21H2,1-4H3,(H,38,42)(H,39,48)(H,40,49)(H,41,43). The summed E-state index contributed by atoms with van der Waals surface area (Å²) >= 11 is 0. The van der Waals surface area contributed by atoms with Gasteiger partial charge in [0.1, 0.15) is 37.1 Å². The topological polar surface area (TPSA) is 184 Å². The maximum Gasteiger partial charge on any atom is 0.407 e. The van der Waals surface area contributed by atoms with Crippen molar-refractivity contribution < 1.29 is 33.4 Å². The van der Waals surface area contributed by atoms with Gasteiger partial charge in [-0.2, -0.15) is 0 Å². The number of carbonyl (C=O) groups is 4. The van der Waals surface area contributed by atoms with Gasteiger partial charge in [0.2, 0.25) is 11.8 Å². The first-order chi connectivity index (χ1) is 25.2. The number of hydrogen-bond acceptors (Lipinski definition) is 9. The summed E-state index contributed by atoms with van der Waals surface area (Å²) in [6, 6.07) is 14.4. The number of alkyl carbamates (subject to hydrolysis) is 2. The van der Waals surface area contributed by atoms with Crippen LogP contribution >= 0.6 is 0 Å². The van der Waals surface area contributed by atoms with Crippen molar-refractivity contribution >= 4 is 45.8 Å². The van der Waals surface area contributed by atoms with Crippen molar-refractivity contribution in [2.75, 3.05) is 40.4 Å². The molecule has 3 heterocycles. The van der Waals surface area contributed by atoms with Crippen LogP contribution in [0, 0.1) is 0 Å². The summed E-state index contributed by atoms with van der Waals surface area (Å²) in [5.41, 5.74) is 6.46. The lowest BCUT2D eigenvalue weighted by atomic mass is 9.92. The Kier molecular flexibility index (Phi) is 10.9. The normalized spacial score (nSPS) is 11.7. The molecule has 3 aromatic carbocycles. The van der Waals surface area contributed by atoms with Crippen molar-refractivity contribution in [3.05, 3.63) is 65.9 Å². The van der Waals surface area contributed by atoms with E-state index in [9.17, 15) is 19.2 Å². The number of nitrogens with zero attached hydrogens (tertiary/aromatic N) is 4. The highest BCUT2D eigenvalue weighted by Crippen LogP contribution is 2.42. The molecule has 0 aliphatic carbocycles. The van der Waals surface area contributed by atoms with E-state index in [1.807, 2.05) is 38.1 Å². The maximum atomic E-state index is 12.8. The van der Waals surface area contributed by atoms with Gasteiger partial charge in [0.15, 0.2) is 0 Å². The van der Waals surface area contributed by atoms with Crippen LogP contribution < -0.4 is 15.4 Å². The van der Waals surface area contributed by atoms with Gasteiger partial charge in [-0.25, -0.2) is 19.6 Å². The molecule has 0 saturated heterocycles. The minimum Gasteiger partial charge on any atom is -0.488 e. The van der Waals surface area contributed by atoms with E-state index < -0.39 is 12.2 Å². The number of fused-ring (bicyclic) bond motifs is 6. The lowest BCUT2D eigenvalue weighted by Crippen LogP contribution is -2.40. The van der Waals surface area contributed by atoms with Crippen LogP contribution in [0.5, 0.6) is 5.75 Å². The van der Waals surface area contributed by atoms with E-state index in [4.69, 9.17) is 9.72 Å². The summed E-state index contributed by atoms with van der Waals surface area (Å²) in [4.78, 5) is 67.9. The Morgan fingerprint density at radius 3 is 2.15 bits per heavy atom. The largest absolute Gasteiger partial charge is 0.488 e. The van der Waals surface area contributed by atoms with Crippen LogP contribution in [0.2, 0.25) is 0 Å². The molecular formula is C37H42N8O7. The summed E-state index contributed by atoms with van der Waals surface area (Å²) < 4.78 is 15.5. The van der Waals surface area contributed by atoms with E-state index in [0.717, 1.165) is 68.3 Å². The van der Waals surface area contributed by atoms with Crippen molar-refractivity contribution in [3.8, 4) is 28.1 Å². The fourth-order valence-electron chi connectivity index (χ4n) is 6.32. The highest BCUT2D eigenvalue weighted by atomic mass is 16.5. The molecule has 15 heteroatoms. The second-order valence-electron chi connectivity index (χ2n) is 12.4. The van der Waals surface area contributed by atoms with Crippen molar-refractivity contribution in [1.82, 2.24) is 40.4 Å². The highest BCUT2D eigenvalue weighted by Gasteiger charge is 2.22. The first-order valence-corrected chi connectivity index (χ1v) is 17.2. The molecule has 0 atom stereocenters. The number of ether oxygens (including phenoxy) is 3. The summed E-state index contributed by atoms with van der Waals surface area (Å²) in [6.07, 6.45) is 1.95. The molecule has 0 saturated carbocycles. The summed E-state index contributed by atoms with van der Waals surface area (Å²) in [6.45, 7) is 5.60. The third kappa shape index (κ3) is 7.77. The molecule has 272 valence electrons. The molecule has 5 aromatic rings. The Balaban J connectivity index is 1.20. The maximum absolute atomic E-state index is 12.8. The minimum atomic E-state index is -0.658. The van der Waals surface area contributed by atoms with Crippen LogP contribution in [0.4, 0.5) is 9.59 Å². The molecule has 4 amide bonds. The van der Waals surface area contributed by atoms with Gasteiger partial charge in [0.05, 0.1) is 50.2 Å². The quantitative estimate of drug-likeness (QED) is 0.133. The molecule has 0 unspecified atom stereocenters. The molecule has 2 aromatic heterocycles. The number of H-pyrrole nitrogens is 2. The molecule has 0 bridgehead atoms. The molecule has 1 aliphatic heterocycles. The van der Waals surface area contributed by atoms with Crippen molar-refractivity contribution in [2.24, 2.45) is 0 Å². The first-order valence-electron chi connectivity index (χ1n) is 17.2. The molecule has 6 rings (SSSR count). The van der Waals surface area contributed by atoms with Gasteiger partial charge in [-0.1, -0.05) is 32.0 Å². The average Bonchev–Trinajstić information content (AvgIpc) is 3.81. The number of imidazole rings is 2. The second kappa shape index (κ2) is 15.8. The predicted octanol–water partition coefficient (Wildman–Crippen LogP) is 4.85. The second-order valence-corrected chi connectivity index (χ2v) is 12.4. The lowest BCUT2D eigenvalue weighted by Gasteiger charge is -2.22. The van der Waals surface area contributed by atoms with E-state index in [0.29, 0.717) is 31.3 Å². The lowest BCUT2D eigenvalue weighted by molar-refractivity contribution is -0.131. The molecule has 0 spiro atoms. The summed E-state index contributed by atoms with van der Waals surface area (Å²) in [5.74, 6) is 1.57. The molecule has 52 heavy (non-hydrogen) atoms. The van der Waals surface area contributed by atoms with E-state index >= 15 is 0 Å². The van der Waals surface area contributed by atoms with Gasteiger partial charge in [-0.15, -0.1) is 0 Å². The fourth-order valence-corrected chi connectivity index (χ4v) is 6.32. The Bertz CT molecular complexity index is 2120. The van der Waals surface area contributed by atoms with Crippen LogP contribution in [0.25, 0.3) is 44.2 Å². The number of aromatic nitrogens is 4. The van der Waals surface area contributed by atoms with Gasteiger partial charge in [0.25, 0.3) is 0 Å². The Labute approximate surface area is 300 Å². The molecule has 4 N–H and O–H groups in total. The van der Waals surface area contributed by atoms with E-state index in [2.05, 4.69) is 53.3 Å². The summed E-state index contributed by atoms with van der Waals surface area (Å²) in [7, 11) is 2.51. The van der Waals surface area contributed by atoms with Crippen LogP contribution in [-0.4, -0.2) is 94.1 Å². The number of rotatable bonds is 13. The Morgan fingerprint density at radius 2 is 1.50 bits per heavy atom. The van der Waals surface area contributed by atoms with Crippen molar-refractivity contribution in [1.29, 1.82) is 0 Å². The average molecular weight is 711 g/mol. The van der Waals surface area contributed by atoms with Crippen LogP contribution in [0.1, 0.15) is 43.9 Å². The van der Waals surface area contributed by atoms with Gasteiger partial charge in [0, 0.05) is 24.0 Å². The number of methoxy groups -OCH3 is 2. The van der Waals surface area contributed by atoms with Gasteiger partial charge in [-0.3, -0.25) is 9.59 Å². The smallest absolute Gasteiger partial charge is 0.407 e. The van der Waals surface area contributed by atoms with E-state index in [1.165, 1.54) is 14.2 Å². The van der Waals surface area contributed by atoms with Crippen LogP contribution in [0.3, 0.4) is 0 Å². The number of amides is 4. The van der Waals surface area contributed by atoms with Crippen LogP contribution in [-0.2, 0) is 38.8 Å². The first kappa shape index (κ1) is 35.7. The Morgan fingerprint density at radius 1 is 0.827 bits per heavy atom. The zero-order valence-electron chi connectivity index (χ0n) is 29.6. The van der Waals surface area contributed by atoms with Crippen molar-refractivity contribution in [2.45, 2.75) is 46.4 Å². The highest BCUT2D eigenvalue weighted by molar-refractivity contribution is 6.07. The zero-order chi connectivity index (χ0) is 36.8. The van der Waals surface area contributed by atoms with E-state index in [1.54, 1.807) is 16.0 Å². The van der Waals surface area contributed by atoms with Crippen molar-refractivity contribution in [3.63, 3.8) is 0 Å². The minimum absolute atomic E-state index is 0.158. The molecule has 1 aliphatic rings. The number of hydrogen-bond donors (Lipinski definition) is 4.